The highest BCUT2D eigenvalue weighted by Crippen LogP contribution is 2.26. The van der Waals surface area contributed by atoms with Crippen molar-refractivity contribution < 1.29 is 0 Å². The second-order valence-electron chi connectivity index (χ2n) is 2.97. The van der Waals surface area contributed by atoms with Crippen LogP contribution in [0.2, 0.25) is 0 Å². The third-order valence-corrected chi connectivity index (χ3v) is 2.90. The van der Waals surface area contributed by atoms with Gasteiger partial charge in [0.1, 0.15) is 0 Å². The van der Waals surface area contributed by atoms with Crippen molar-refractivity contribution in [1.29, 1.82) is 0 Å². The molecule has 1 nitrogen and oxygen atoms in total. The Bertz CT molecular complexity index is 270. The van der Waals surface area contributed by atoms with Crippen molar-refractivity contribution in [2.45, 2.75) is 25.7 Å². The Morgan fingerprint density at radius 3 is 2.82 bits per heavy atom. The van der Waals surface area contributed by atoms with E-state index < -0.39 is 0 Å². The van der Waals surface area contributed by atoms with E-state index in [0.29, 0.717) is 0 Å². The van der Waals surface area contributed by atoms with Gasteiger partial charge in [0, 0.05) is 16.9 Å². The highest BCUT2D eigenvalue weighted by Gasteiger charge is 2.11. The van der Waals surface area contributed by atoms with E-state index in [4.69, 9.17) is 0 Å². The van der Waals surface area contributed by atoms with Gasteiger partial charge in [-0.2, -0.15) is 0 Å². The summed E-state index contributed by atoms with van der Waals surface area (Å²) < 4.78 is 1.19. The van der Waals surface area contributed by atoms with E-state index in [1.807, 2.05) is 12.4 Å². The number of aromatic nitrogens is 1. The van der Waals surface area contributed by atoms with E-state index in [2.05, 4.69) is 20.9 Å². The molecule has 2 heteroatoms. The lowest BCUT2D eigenvalue weighted by atomic mass is 9.94. The molecule has 0 unspecified atom stereocenters. The van der Waals surface area contributed by atoms with Gasteiger partial charge < -0.3 is 0 Å². The topological polar surface area (TPSA) is 12.9 Å². The van der Waals surface area contributed by atoms with Gasteiger partial charge in [-0.15, -0.1) is 0 Å². The van der Waals surface area contributed by atoms with Crippen LogP contribution in [-0.2, 0) is 12.8 Å². The van der Waals surface area contributed by atoms with Crippen LogP contribution in [0.25, 0.3) is 0 Å². The average molecular weight is 212 g/mol. The maximum atomic E-state index is 4.15. The zero-order chi connectivity index (χ0) is 7.68. The first-order valence-corrected chi connectivity index (χ1v) is 4.78. The standard InChI is InChI=1S/C9H10BrN/c10-9-6-11-5-7-3-1-2-4-8(7)9/h5-6H,1-4H2. The van der Waals surface area contributed by atoms with E-state index in [-0.39, 0.29) is 0 Å². The van der Waals surface area contributed by atoms with E-state index in [0.717, 1.165) is 0 Å². The summed E-state index contributed by atoms with van der Waals surface area (Å²) in [4.78, 5) is 4.15. The van der Waals surface area contributed by atoms with Gasteiger partial charge in [0.25, 0.3) is 0 Å². The summed E-state index contributed by atoms with van der Waals surface area (Å²) in [6.07, 6.45) is 8.98. The minimum absolute atomic E-state index is 1.19. The lowest BCUT2D eigenvalue weighted by molar-refractivity contribution is 0.679. The van der Waals surface area contributed by atoms with E-state index >= 15 is 0 Å². The Hall–Kier alpha value is -0.370. The van der Waals surface area contributed by atoms with Crippen LogP contribution in [0.15, 0.2) is 16.9 Å². The largest absolute Gasteiger partial charge is 0.263 e. The second-order valence-corrected chi connectivity index (χ2v) is 3.82. The van der Waals surface area contributed by atoms with Crippen molar-refractivity contribution in [2.75, 3.05) is 0 Å². The molecule has 0 saturated carbocycles. The van der Waals surface area contributed by atoms with Crippen molar-refractivity contribution in [1.82, 2.24) is 4.98 Å². The van der Waals surface area contributed by atoms with Crippen molar-refractivity contribution in [3.63, 3.8) is 0 Å². The molecule has 11 heavy (non-hydrogen) atoms. The van der Waals surface area contributed by atoms with Gasteiger partial charge in [-0.1, -0.05) is 0 Å². The van der Waals surface area contributed by atoms with Crippen molar-refractivity contribution in [3.05, 3.63) is 28.0 Å². The van der Waals surface area contributed by atoms with Gasteiger partial charge in [0.2, 0.25) is 0 Å². The predicted octanol–water partition coefficient (Wildman–Crippen LogP) is 2.72. The lowest BCUT2D eigenvalue weighted by Crippen LogP contribution is -2.03. The van der Waals surface area contributed by atoms with Crippen LogP contribution in [0.5, 0.6) is 0 Å². The molecule has 0 spiro atoms. The van der Waals surface area contributed by atoms with Crippen LogP contribution < -0.4 is 0 Å². The van der Waals surface area contributed by atoms with Crippen LogP contribution in [0.3, 0.4) is 0 Å². The molecule has 0 radical (unpaired) electrons. The fourth-order valence-electron chi connectivity index (χ4n) is 1.61. The number of fused-ring (bicyclic) bond motifs is 1. The fraction of sp³-hybridized carbons (Fsp3) is 0.444. The molecule has 58 valence electrons. The first-order chi connectivity index (χ1) is 5.38. The third kappa shape index (κ3) is 1.32. The van der Waals surface area contributed by atoms with E-state index in [9.17, 15) is 0 Å². The number of rotatable bonds is 0. The molecule has 0 amide bonds. The summed E-state index contributed by atoms with van der Waals surface area (Å²) in [5.41, 5.74) is 2.91. The highest BCUT2D eigenvalue weighted by molar-refractivity contribution is 9.10. The number of hydrogen-bond acceptors (Lipinski definition) is 1. The first kappa shape index (κ1) is 7.29. The fourth-order valence-corrected chi connectivity index (χ4v) is 2.19. The van der Waals surface area contributed by atoms with Crippen molar-refractivity contribution in [3.8, 4) is 0 Å². The summed E-state index contributed by atoms with van der Waals surface area (Å²) in [6.45, 7) is 0. The van der Waals surface area contributed by atoms with Gasteiger partial charge in [0.15, 0.2) is 0 Å². The van der Waals surface area contributed by atoms with Gasteiger partial charge >= 0.3 is 0 Å². The van der Waals surface area contributed by atoms with E-state index in [1.165, 1.54) is 41.3 Å². The highest BCUT2D eigenvalue weighted by atomic mass is 79.9. The van der Waals surface area contributed by atoms with Crippen LogP contribution in [-0.4, -0.2) is 4.98 Å². The zero-order valence-corrected chi connectivity index (χ0v) is 7.89. The Labute approximate surface area is 75.0 Å². The predicted molar refractivity (Wildman–Crippen MR) is 48.6 cm³/mol. The summed E-state index contributed by atoms with van der Waals surface area (Å²) in [5, 5.41) is 0. The molecule has 1 heterocycles. The summed E-state index contributed by atoms with van der Waals surface area (Å²) in [6, 6.07) is 0. The number of pyridine rings is 1. The molecule has 0 atom stereocenters. The number of aryl methyl sites for hydroxylation is 1. The molecule has 0 saturated heterocycles. The van der Waals surface area contributed by atoms with Crippen LogP contribution in [0, 0.1) is 0 Å². The maximum Gasteiger partial charge on any atom is 0.0413 e. The minimum atomic E-state index is 1.19. The second kappa shape index (κ2) is 2.94. The molecule has 0 aromatic carbocycles. The SMILES string of the molecule is Brc1cncc2c1CCCC2. The van der Waals surface area contributed by atoms with Gasteiger partial charge in [-0.05, 0) is 52.7 Å². The molecule has 1 aliphatic carbocycles. The van der Waals surface area contributed by atoms with Gasteiger partial charge in [0.05, 0.1) is 0 Å². The van der Waals surface area contributed by atoms with Crippen LogP contribution >= 0.6 is 15.9 Å². The molecule has 0 fully saturated rings. The Balaban J connectivity index is 2.49. The van der Waals surface area contributed by atoms with Crippen molar-refractivity contribution in [2.24, 2.45) is 0 Å². The Morgan fingerprint density at radius 2 is 2.00 bits per heavy atom. The number of hydrogen-bond donors (Lipinski definition) is 0. The van der Waals surface area contributed by atoms with E-state index in [1.54, 1.807) is 0 Å². The zero-order valence-electron chi connectivity index (χ0n) is 6.31. The smallest absolute Gasteiger partial charge is 0.0413 e. The maximum absolute atomic E-state index is 4.15. The quantitative estimate of drug-likeness (QED) is 0.644. The summed E-state index contributed by atoms with van der Waals surface area (Å²) >= 11 is 3.52. The number of nitrogens with zero attached hydrogens (tertiary/aromatic N) is 1. The molecule has 0 bridgehead atoms. The van der Waals surface area contributed by atoms with Gasteiger partial charge in [-0.3, -0.25) is 4.98 Å². The average Bonchev–Trinajstić information content (AvgIpc) is 2.06. The normalized spacial score (nSPS) is 16.1. The molecule has 1 aliphatic rings. The molecular formula is C9H10BrN. The summed E-state index contributed by atoms with van der Waals surface area (Å²) in [5.74, 6) is 0. The molecule has 2 rings (SSSR count). The van der Waals surface area contributed by atoms with Crippen molar-refractivity contribution >= 4 is 15.9 Å². The summed E-state index contributed by atoms with van der Waals surface area (Å²) in [7, 11) is 0. The molecule has 0 aliphatic heterocycles. The Kier molecular flexibility index (Phi) is 1.95. The van der Waals surface area contributed by atoms with Crippen LogP contribution in [0.1, 0.15) is 24.0 Å². The monoisotopic (exact) mass is 211 g/mol. The third-order valence-electron chi connectivity index (χ3n) is 2.22. The molecule has 1 aromatic rings. The Morgan fingerprint density at radius 1 is 1.18 bits per heavy atom. The lowest BCUT2D eigenvalue weighted by Gasteiger charge is -2.15. The first-order valence-electron chi connectivity index (χ1n) is 3.99. The van der Waals surface area contributed by atoms with Crippen LogP contribution in [0.4, 0.5) is 0 Å². The molecule has 0 N–H and O–H groups in total. The number of halogens is 1. The molecular weight excluding hydrogens is 202 g/mol. The van der Waals surface area contributed by atoms with Gasteiger partial charge in [-0.25, -0.2) is 0 Å². The minimum Gasteiger partial charge on any atom is -0.263 e. The molecule has 1 aromatic heterocycles.